The summed E-state index contributed by atoms with van der Waals surface area (Å²) in [7, 11) is 0. The second-order valence-corrected chi connectivity index (χ2v) is 8.11. The number of halogens is 2. The number of amides is 1. The van der Waals surface area contributed by atoms with Crippen molar-refractivity contribution in [3.05, 3.63) is 81.0 Å². The van der Waals surface area contributed by atoms with E-state index in [-0.39, 0.29) is 17.8 Å². The number of allylic oxidation sites excluding steroid dienone is 1. The average Bonchev–Trinajstić information content (AvgIpc) is 2.68. The Kier molecular flexibility index (Phi) is 7.00. The first-order valence-electron chi connectivity index (χ1n) is 8.84. The van der Waals surface area contributed by atoms with E-state index >= 15 is 0 Å². The zero-order valence-electron chi connectivity index (χ0n) is 15.7. The Morgan fingerprint density at radius 2 is 1.66 bits per heavy atom. The first-order valence-corrected chi connectivity index (χ1v) is 10.5. The molecule has 2 aromatic rings. The van der Waals surface area contributed by atoms with Crippen LogP contribution in [0.3, 0.4) is 0 Å². The summed E-state index contributed by atoms with van der Waals surface area (Å²) in [6.45, 7) is 3.74. The summed E-state index contributed by atoms with van der Waals surface area (Å²) in [5.74, 6) is -0.737. The molecule has 0 aliphatic carbocycles. The van der Waals surface area contributed by atoms with Gasteiger partial charge in [0, 0.05) is 15.6 Å². The molecule has 1 amide bonds. The third kappa shape index (κ3) is 5.21. The molecule has 5 nitrogen and oxygen atoms in total. The van der Waals surface area contributed by atoms with Crippen LogP contribution in [0.2, 0.25) is 10.0 Å². The Balaban J connectivity index is 1.92. The van der Waals surface area contributed by atoms with E-state index in [9.17, 15) is 9.59 Å². The second kappa shape index (κ2) is 9.48. The molecule has 0 aromatic heterocycles. The largest absolute Gasteiger partial charge is 0.463 e. The number of carbonyl (C=O) groups excluding carboxylic acids is 2. The number of nitrogens with zero attached hydrogens (tertiary/aromatic N) is 1. The number of benzene rings is 2. The van der Waals surface area contributed by atoms with Crippen LogP contribution in [0.4, 0.5) is 0 Å². The van der Waals surface area contributed by atoms with E-state index in [0.717, 1.165) is 5.56 Å². The van der Waals surface area contributed by atoms with Crippen molar-refractivity contribution < 1.29 is 14.3 Å². The first kappa shape index (κ1) is 21.4. The number of thioether (sulfide) groups is 1. The Hall–Kier alpha value is -2.28. The van der Waals surface area contributed by atoms with Gasteiger partial charge in [-0.15, -0.1) is 0 Å². The lowest BCUT2D eigenvalue weighted by atomic mass is 10.0. The van der Waals surface area contributed by atoms with Gasteiger partial charge in [0.15, 0.2) is 5.17 Å². The maximum absolute atomic E-state index is 12.6. The Morgan fingerprint density at radius 3 is 2.24 bits per heavy atom. The molecule has 3 rings (SSSR count). The quantitative estimate of drug-likeness (QED) is 0.635. The summed E-state index contributed by atoms with van der Waals surface area (Å²) in [6.07, 6.45) is 0. The van der Waals surface area contributed by atoms with Gasteiger partial charge < -0.3 is 10.1 Å². The normalized spacial score (nSPS) is 16.3. The van der Waals surface area contributed by atoms with Gasteiger partial charge in [-0.3, -0.25) is 4.79 Å². The van der Waals surface area contributed by atoms with Crippen molar-refractivity contribution in [1.29, 1.82) is 0 Å². The maximum atomic E-state index is 12.6. The fraction of sp³-hybridized carbons (Fsp3) is 0.190. The SMILES string of the molecule is CCOC(=O)C1=C(C)N=C(NC(=O)c2ccc(Cl)cc2)SC1c1ccc(Cl)cc1. The minimum absolute atomic E-state index is 0.261. The van der Waals surface area contributed by atoms with Gasteiger partial charge in [0.05, 0.1) is 23.1 Å². The number of carbonyl (C=O) groups is 2. The van der Waals surface area contributed by atoms with Crippen molar-refractivity contribution in [1.82, 2.24) is 5.32 Å². The fourth-order valence-corrected chi connectivity index (χ4v) is 4.26. The Bertz CT molecular complexity index is 986. The van der Waals surface area contributed by atoms with Gasteiger partial charge in [-0.05, 0) is 55.8 Å². The third-order valence-electron chi connectivity index (χ3n) is 4.15. The standard InChI is InChI=1S/C21H18Cl2N2O3S/c1-3-28-20(27)17-12(2)24-21(25-19(26)14-6-10-16(23)11-7-14)29-18(17)13-4-8-15(22)9-5-13/h4-11,18H,3H2,1-2H3,(H,24,25,26). The number of rotatable bonds is 4. The van der Waals surface area contributed by atoms with Gasteiger partial charge in [0.1, 0.15) is 0 Å². The number of amidine groups is 1. The van der Waals surface area contributed by atoms with Crippen LogP contribution in [-0.2, 0) is 9.53 Å². The summed E-state index contributed by atoms with van der Waals surface area (Å²) >= 11 is 13.2. The number of aliphatic imine (C=N–C) groups is 1. The van der Waals surface area contributed by atoms with Gasteiger partial charge in [0.2, 0.25) is 0 Å². The van der Waals surface area contributed by atoms with Crippen LogP contribution in [0.25, 0.3) is 0 Å². The fourth-order valence-electron chi connectivity index (χ4n) is 2.76. The molecule has 8 heteroatoms. The summed E-state index contributed by atoms with van der Waals surface area (Å²) in [5, 5.41) is 3.96. The predicted octanol–water partition coefficient (Wildman–Crippen LogP) is 5.40. The summed E-state index contributed by atoms with van der Waals surface area (Å²) < 4.78 is 5.22. The topological polar surface area (TPSA) is 67.8 Å². The molecule has 0 radical (unpaired) electrons. The van der Waals surface area contributed by atoms with Crippen molar-refractivity contribution in [3.8, 4) is 0 Å². The third-order valence-corrected chi connectivity index (χ3v) is 5.81. The van der Waals surface area contributed by atoms with Gasteiger partial charge in [-0.25, -0.2) is 9.79 Å². The maximum Gasteiger partial charge on any atom is 0.337 e. The lowest BCUT2D eigenvalue weighted by molar-refractivity contribution is -0.138. The number of ether oxygens (including phenoxy) is 1. The molecule has 29 heavy (non-hydrogen) atoms. The highest BCUT2D eigenvalue weighted by Gasteiger charge is 2.32. The molecule has 1 aliphatic heterocycles. The second-order valence-electron chi connectivity index (χ2n) is 6.15. The number of esters is 1. The van der Waals surface area contributed by atoms with E-state index in [1.54, 1.807) is 50.2 Å². The molecule has 0 saturated heterocycles. The van der Waals surface area contributed by atoms with Crippen molar-refractivity contribution in [2.45, 2.75) is 19.1 Å². The highest BCUT2D eigenvalue weighted by Crippen LogP contribution is 2.42. The lowest BCUT2D eigenvalue weighted by Gasteiger charge is -2.25. The van der Waals surface area contributed by atoms with E-state index in [4.69, 9.17) is 27.9 Å². The number of nitrogens with one attached hydrogen (secondary N) is 1. The molecule has 0 saturated carbocycles. The molecule has 1 N–H and O–H groups in total. The molecular weight excluding hydrogens is 431 g/mol. The first-order chi connectivity index (χ1) is 13.9. The average molecular weight is 449 g/mol. The van der Waals surface area contributed by atoms with E-state index < -0.39 is 5.97 Å². The van der Waals surface area contributed by atoms with E-state index in [2.05, 4.69) is 10.3 Å². The summed E-state index contributed by atoms with van der Waals surface area (Å²) in [4.78, 5) is 29.5. The smallest absolute Gasteiger partial charge is 0.337 e. The molecule has 0 fully saturated rings. The highest BCUT2D eigenvalue weighted by molar-refractivity contribution is 8.14. The van der Waals surface area contributed by atoms with Crippen molar-refractivity contribution in [3.63, 3.8) is 0 Å². The van der Waals surface area contributed by atoms with E-state index in [0.29, 0.717) is 32.0 Å². The van der Waals surface area contributed by atoms with Gasteiger partial charge in [-0.1, -0.05) is 47.1 Å². The van der Waals surface area contributed by atoms with Crippen molar-refractivity contribution in [2.24, 2.45) is 4.99 Å². The molecule has 1 unspecified atom stereocenters. The predicted molar refractivity (Wildman–Crippen MR) is 117 cm³/mol. The van der Waals surface area contributed by atoms with Crippen LogP contribution in [0, 0.1) is 0 Å². The van der Waals surface area contributed by atoms with Gasteiger partial charge in [0.25, 0.3) is 5.91 Å². The molecule has 2 aromatic carbocycles. The molecular formula is C21H18Cl2N2O3S. The van der Waals surface area contributed by atoms with Crippen LogP contribution in [0.1, 0.15) is 35.0 Å². The van der Waals surface area contributed by atoms with Crippen LogP contribution in [-0.4, -0.2) is 23.7 Å². The zero-order chi connectivity index (χ0) is 21.0. The van der Waals surface area contributed by atoms with Crippen LogP contribution in [0.5, 0.6) is 0 Å². The van der Waals surface area contributed by atoms with Gasteiger partial charge in [-0.2, -0.15) is 0 Å². The van der Waals surface area contributed by atoms with Crippen LogP contribution < -0.4 is 5.32 Å². The van der Waals surface area contributed by atoms with Crippen molar-refractivity contribution >= 4 is 52.0 Å². The molecule has 0 spiro atoms. The molecule has 1 atom stereocenters. The van der Waals surface area contributed by atoms with Crippen molar-refractivity contribution in [2.75, 3.05) is 6.61 Å². The zero-order valence-corrected chi connectivity index (χ0v) is 18.1. The summed E-state index contributed by atoms with van der Waals surface area (Å²) in [6, 6.07) is 13.8. The van der Waals surface area contributed by atoms with Crippen LogP contribution >= 0.6 is 35.0 Å². The highest BCUT2D eigenvalue weighted by atomic mass is 35.5. The number of hydrogen-bond donors (Lipinski definition) is 1. The van der Waals surface area contributed by atoms with E-state index in [1.165, 1.54) is 11.8 Å². The minimum atomic E-state index is -0.427. The minimum Gasteiger partial charge on any atom is -0.463 e. The molecule has 1 aliphatic rings. The molecule has 1 heterocycles. The molecule has 0 bridgehead atoms. The monoisotopic (exact) mass is 448 g/mol. The Morgan fingerprint density at radius 1 is 1.07 bits per heavy atom. The Labute approximate surface area is 183 Å². The van der Waals surface area contributed by atoms with E-state index in [1.807, 2.05) is 12.1 Å². The van der Waals surface area contributed by atoms with Crippen LogP contribution in [0.15, 0.2) is 64.8 Å². The number of hydrogen-bond acceptors (Lipinski definition) is 5. The lowest BCUT2D eigenvalue weighted by Crippen LogP contribution is -2.31. The van der Waals surface area contributed by atoms with Gasteiger partial charge >= 0.3 is 5.97 Å². The molecule has 150 valence electrons. The summed E-state index contributed by atoms with van der Waals surface area (Å²) in [5.41, 5.74) is 2.26.